The predicted molar refractivity (Wildman–Crippen MR) is 209 cm³/mol. The minimum Gasteiger partial charge on any atom is -0.456 e. The number of esters is 3. The number of amides is 1. The molecule has 3 heterocycles. The van der Waals surface area contributed by atoms with E-state index < -0.39 is 107 Å². The van der Waals surface area contributed by atoms with Crippen molar-refractivity contribution in [1.29, 1.82) is 0 Å². The first kappa shape index (κ1) is 42.4. The van der Waals surface area contributed by atoms with E-state index in [1.54, 1.807) is 68.4 Å². The Morgan fingerprint density at radius 2 is 1.63 bits per heavy atom. The second-order valence-corrected chi connectivity index (χ2v) is 17.4. The summed E-state index contributed by atoms with van der Waals surface area (Å²) in [7, 11) is 0. The highest BCUT2D eigenvalue weighted by Gasteiger charge is 2.78. The lowest BCUT2D eigenvalue weighted by atomic mass is 9.44. The zero-order valence-corrected chi connectivity index (χ0v) is 33.9. The number of benzene rings is 2. The van der Waals surface area contributed by atoms with Gasteiger partial charge in [0.2, 0.25) is 5.91 Å². The summed E-state index contributed by atoms with van der Waals surface area (Å²) in [5.74, 6) is -5.64. The first-order chi connectivity index (χ1) is 27.9. The number of hydrogen-bond donors (Lipinski definition) is 5. The average Bonchev–Trinajstić information content (AvgIpc) is 3.19. The molecule has 3 aliphatic heterocycles. The number of rotatable bonds is 2. The third kappa shape index (κ3) is 7.02. The largest absolute Gasteiger partial charge is 0.456 e. The maximum Gasteiger partial charge on any atom is 0.338 e. The van der Waals surface area contributed by atoms with Gasteiger partial charge in [-0.3, -0.25) is 14.4 Å². The Labute approximate surface area is 342 Å². The molecule has 3 fully saturated rings. The first-order valence-corrected chi connectivity index (χ1v) is 20.2. The lowest BCUT2D eigenvalue weighted by Gasteiger charge is -2.67. The molecular weight excluding hydrogens is 762 g/mol. The fraction of sp³-hybridized carbons (Fsp3) is 0.533. The number of aliphatic hydroxyl groups is 4. The SMILES string of the molecule is CC(=O)O[C@@]12CO[C@@H]1C[C@H](O)[C@@]1(C)C(=O)[C@H](O)C3=C(C)[C@@H]4C[C@@](O)([C@@H](OC(=O)c5ccc(cc5)C/C=C/CCCC(=O)N[C@@H](c5ccccc5)[C@@H](O)C(=O)O4)[C@H]21)C3(C)C. The van der Waals surface area contributed by atoms with Gasteiger partial charge in [0.05, 0.1) is 35.6 Å². The molecule has 11 atom stereocenters. The predicted octanol–water partition coefficient (Wildman–Crippen LogP) is 3.13. The van der Waals surface area contributed by atoms with Gasteiger partial charge in [-0.15, -0.1) is 0 Å². The van der Waals surface area contributed by atoms with Crippen molar-refractivity contribution in [2.45, 2.75) is 127 Å². The maximum absolute atomic E-state index is 15.0. The summed E-state index contributed by atoms with van der Waals surface area (Å²) in [5, 5.41) is 52.1. The van der Waals surface area contributed by atoms with Crippen molar-refractivity contribution in [2.75, 3.05) is 6.61 Å². The monoisotopic (exact) mass is 815 g/mol. The number of ketones is 1. The van der Waals surface area contributed by atoms with E-state index >= 15 is 4.79 Å². The fourth-order valence-electron chi connectivity index (χ4n) is 10.3. The standard InChI is InChI=1S/C45H53NO13/c1-24-29-22-45(55)39(37-43(5,38(52)35(50)33(24)42(45,3)4)30(48)21-31-44(37,23-56-31)59-25(2)47)58-40(53)28-19-17-26(18-20-28)13-9-6-7-12-16-32(49)46-34(36(51)41(54)57-29)27-14-10-8-11-15-27/h6,8-11,14-15,17-20,29-31,34-37,39,48,50-51,55H,7,12-13,16,21-23H2,1-5H3,(H,46,49)/b9-6+/t29-,30-,31+,34-,35+,36+,37-,39-,43+,44-,45+/m0/s1. The van der Waals surface area contributed by atoms with Crippen molar-refractivity contribution in [2.24, 2.45) is 16.7 Å². The molecule has 0 radical (unpaired) electrons. The van der Waals surface area contributed by atoms with E-state index in [1.807, 2.05) is 12.2 Å². The third-order valence-corrected chi connectivity index (χ3v) is 13.7. The Hall–Kier alpha value is -4.73. The van der Waals surface area contributed by atoms with Crippen LogP contribution >= 0.6 is 0 Å². The van der Waals surface area contributed by atoms with Crippen molar-refractivity contribution >= 4 is 29.6 Å². The van der Waals surface area contributed by atoms with Crippen molar-refractivity contribution in [3.8, 4) is 0 Å². The van der Waals surface area contributed by atoms with Gasteiger partial charge in [-0.1, -0.05) is 68.5 Å². The third-order valence-electron chi connectivity index (χ3n) is 13.7. The fourth-order valence-corrected chi connectivity index (χ4v) is 10.3. The Balaban J connectivity index is 1.42. The van der Waals surface area contributed by atoms with E-state index in [1.165, 1.54) is 20.8 Å². The second-order valence-electron chi connectivity index (χ2n) is 17.4. The number of ether oxygens (including phenoxy) is 4. The van der Waals surface area contributed by atoms with Crippen LogP contribution in [0.4, 0.5) is 0 Å². The van der Waals surface area contributed by atoms with Crippen molar-refractivity contribution < 1.29 is 63.3 Å². The molecule has 1 amide bonds. The first-order valence-electron chi connectivity index (χ1n) is 20.2. The van der Waals surface area contributed by atoms with E-state index in [0.717, 1.165) is 5.56 Å². The van der Waals surface area contributed by atoms with E-state index in [0.29, 0.717) is 24.8 Å². The molecule has 59 heavy (non-hydrogen) atoms. The Morgan fingerprint density at radius 3 is 2.27 bits per heavy atom. The zero-order chi connectivity index (χ0) is 42.7. The van der Waals surface area contributed by atoms with E-state index in [-0.39, 0.29) is 36.2 Å². The van der Waals surface area contributed by atoms with Gasteiger partial charge in [-0.25, -0.2) is 9.59 Å². The summed E-state index contributed by atoms with van der Waals surface area (Å²) in [4.78, 5) is 69.7. The Morgan fingerprint density at radius 1 is 0.932 bits per heavy atom. The van der Waals surface area contributed by atoms with Gasteiger partial charge >= 0.3 is 17.9 Å². The number of hydrogen-bond acceptors (Lipinski definition) is 13. The minimum atomic E-state index is -2.33. The number of allylic oxidation sites excluding steroid dienone is 2. The van der Waals surface area contributed by atoms with Crippen LogP contribution in [0.2, 0.25) is 0 Å². The van der Waals surface area contributed by atoms with Crippen LogP contribution in [0.1, 0.15) is 94.2 Å². The number of nitrogens with one attached hydrogen (secondary N) is 1. The highest BCUT2D eigenvalue weighted by Crippen LogP contribution is 2.64. The second kappa shape index (κ2) is 15.7. The van der Waals surface area contributed by atoms with Gasteiger partial charge in [0.25, 0.3) is 0 Å². The molecule has 0 spiro atoms. The van der Waals surface area contributed by atoms with Gasteiger partial charge in [0, 0.05) is 31.6 Å². The minimum absolute atomic E-state index is 0.0373. The molecule has 2 aromatic carbocycles. The smallest absolute Gasteiger partial charge is 0.338 e. The summed E-state index contributed by atoms with van der Waals surface area (Å²) in [6.45, 7) is 6.97. The van der Waals surface area contributed by atoms with E-state index in [4.69, 9.17) is 18.9 Å². The van der Waals surface area contributed by atoms with Crippen LogP contribution in [0.3, 0.4) is 0 Å². The maximum atomic E-state index is 15.0. The van der Waals surface area contributed by atoms with E-state index in [2.05, 4.69) is 5.32 Å². The zero-order valence-electron chi connectivity index (χ0n) is 33.9. The van der Waals surface area contributed by atoms with Gasteiger partial charge in [0.15, 0.2) is 17.5 Å². The summed E-state index contributed by atoms with van der Waals surface area (Å²) in [5.41, 5.74) is -6.13. The molecule has 2 aromatic rings. The summed E-state index contributed by atoms with van der Waals surface area (Å²) in [6.07, 6.45) is -4.76. The van der Waals surface area contributed by atoms with Crippen LogP contribution in [0, 0.1) is 16.7 Å². The van der Waals surface area contributed by atoms with Crippen molar-refractivity contribution in [3.05, 3.63) is 94.6 Å². The number of carbonyl (C=O) groups is 5. The lowest BCUT2D eigenvalue weighted by molar-refractivity contribution is -0.346. The number of fused-ring (bicyclic) bond motifs is 17. The normalized spacial score (nSPS) is 38.1. The van der Waals surface area contributed by atoms with Crippen LogP contribution in [0.15, 0.2) is 77.9 Å². The summed E-state index contributed by atoms with van der Waals surface area (Å²) >= 11 is 0. The lowest BCUT2D eigenvalue weighted by Crippen LogP contribution is -2.81. The molecule has 3 aliphatic carbocycles. The van der Waals surface area contributed by atoms with Crippen LogP contribution in [0.5, 0.6) is 0 Å². The average molecular weight is 816 g/mol. The number of Topliss-reactive ketones (excluding diaryl/α,β-unsaturated/α-hetero) is 1. The van der Waals surface area contributed by atoms with Gasteiger partial charge in [-0.05, 0) is 67.5 Å². The van der Waals surface area contributed by atoms with Gasteiger partial charge in [0.1, 0.15) is 30.0 Å². The van der Waals surface area contributed by atoms with Crippen LogP contribution in [-0.4, -0.2) is 104 Å². The molecule has 8 rings (SSSR count). The molecular formula is C45H53NO13. The Bertz CT molecular complexity index is 2060. The van der Waals surface area contributed by atoms with E-state index in [9.17, 15) is 39.6 Å². The molecule has 5 bridgehead atoms. The topological polar surface area (TPSA) is 215 Å². The molecule has 0 unspecified atom stereocenters. The molecule has 0 aromatic heterocycles. The molecule has 316 valence electrons. The van der Waals surface area contributed by atoms with Crippen molar-refractivity contribution in [3.63, 3.8) is 0 Å². The molecule has 14 heteroatoms. The van der Waals surface area contributed by atoms with Gasteiger partial charge < -0.3 is 44.7 Å². The molecule has 14 nitrogen and oxygen atoms in total. The molecule has 5 N–H and O–H groups in total. The molecule has 1 saturated heterocycles. The quantitative estimate of drug-likeness (QED) is 0.168. The van der Waals surface area contributed by atoms with Crippen LogP contribution in [-0.2, 0) is 44.5 Å². The number of aliphatic hydroxyl groups excluding tert-OH is 3. The summed E-state index contributed by atoms with van der Waals surface area (Å²) in [6, 6.07) is 13.8. The highest BCUT2D eigenvalue weighted by atomic mass is 16.6. The summed E-state index contributed by atoms with van der Waals surface area (Å²) < 4.78 is 24.3. The van der Waals surface area contributed by atoms with Crippen LogP contribution < -0.4 is 5.32 Å². The highest BCUT2D eigenvalue weighted by molar-refractivity contribution is 5.94. The van der Waals surface area contributed by atoms with Crippen molar-refractivity contribution in [1.82, 2.24) is 5.32 Å². The Kier molecular flexibility index (Phi) is 11.3. The van der Waals surface area contributed by atoms with Gasteiger partial charge in [-0.2, -0.15) is 0 Å². The number of carbonyl (C=O) groups excluding carboxylic acids is 5. The molecule has 6 aliphatic rings. The van der Waals surface area contributed by atoms with Crippen LogP contribution in [0.25, 0.3) is 0 Å². The molecule has 2 saturated carbocycles.